The molecule has 0 unspecified atom stereocenters. The van der Waals surface area contributed by atoms with Gasteiger partial charge in [-0.1, -0.05) is 0 Å². The Morgan fingerprint density at radius 2 is 1.78 bits per heavy atom. The maximum absolute atomic E-state index is 12.5. The first-order chi connectivity index (χ1) is 7.57. The van der Waals surface area contributed by atoms with Gasteiger partial charge in [-0.05, 0) is 49.5 Å². The van der Waals surface area contributed by atoms with E-state index in [1.54, 1.807) is 6.07 Å². The third kappa shape index (κ3) is 4.30. The molecule has 7 heteroatoms. The van der Waals surface area contributed by atoms with Crippen molar-refractivity contribution in [1.82, 2.24) is 10.3 Å². The molecule has 2 rings (SSSR count). The molecule has 104 valence electrons. The van der Waals surface area contributed by atoms with Crippen LogP contribution in [0.2, 0.25) is 0 Å². The van der Waals surface area contributed by atoms with Crippen LogP contribution in [0, 0.1) is 0 Å². The Labute approximate surface area is 116 Å². The molecular formula is C11H15Cl2F3N2. The lowest BCUT2D eigenvalue weighted by molar-refractivity contribution is -0.141. The third-order valence-corrected chi connectivity index (χ3v) is 2.88. The zero-order valence-corrected chi connectivity index (χ0v) is 11.2. The Balaban J connectivity index is 0.00000144. The molecule has 1 saturated heterocycles. The first kappa shape index (κ1) is 17.5. The van der Waals surface area contributed by atoms with E-state index in [0.717, 1.165) is 31.5 Å². The van der Waals surface area contributed by atoms with Gasteiger partial charge in [0.2, 0.25) is 0 Å². The van der Waals surface area contributed by atoms with Crippen molar-refractivity contribution in [2.75, 3.05) is 13.1 Å². The Bertz CT molecular complexity index is 366. The molecule has 0 bridgehead atoms. The van der Waals surface area contributed by atoms with Crippen molar-refractivity contribution in [3.63, 3.8) is 0 Å². The van der Waals surface area contributed by atoms with Crippen molar-refractivity contribution in [2.24, 2.45) is 0 Å². The predicted molar refractivity (Wildman–Crippen MR) is 68.6 cm³/mol. The summed E-state index contributed by atoms with van der Waals surface area (Å²) in [6.45, 7) is 1.74. The van der Waals surface area contributed by atoms with Crippen LogP contribution < -0.4 is 5.32 Å². The normalized spacial score (nSPS) is 16.6. The van der Waals surface area contributed by atoms with Crippen LogP contribution in [0.1, 0.15) is 30.0 Å². The zero-order valence-electron chi connectivity index (χ0n) is 9.54. The van der Waals surface area contributed by atoms with E-state index in [0.29, 0.717) is 0 Å². The molecule has 1 N–H and O–H groups in total. The number of alkyl halides is 3. The molecule has 0 atom stereocenters. The van der Waals surface area contributed by atoms with Crippen molar-refractivity contribution in [3.05, 3.63) is 29.6 Å². The number of rotatable bonds is 1. The van der Waals surface area contributed by atoms with Gasteiger partial charge in [0.1, 0.15) is 5.69 Å². The van der Waals surface area contributed by atoms with Gasteiger partial charge in [-0.2, -0.15) is 13.2 Å². The SMILES string of the molecule is Cl.Cl.FC(F)(F)c1cc(C2CCNCC2)ccn1. The fourth-order valence-corrected chi connectivity index (χ4v) is 2.01. The molecule has 0 spiro atoms. The van der Waals surface area contributed by atoms with E-state index in [9.17, 15) is 13.2 Å². The van der Waals surface area contributed by atoms with Crippen LogP contribution in [-0.4, -0.2) is 18.1 Å². The molecule has 1 aromatic heterocycles. The van der Waals surface area contributed by atoms with Crippen molar-refractivity contribution in [1.29, 1.82) is 0 Å². The predicted octanol–water partition coefficient (Wildman–Crippen LogP) is 3.41. The second kappa shape index (κ2) is 7.16. The Morgan fingerprint density at radius 1 is 1.17 bits per heavy atom. The van der Waals surface area contributed by atoms with Gasteiger partial charge in [0.25, 0.3) is 0 Å². The van der Waals surface area contributed by atoms with Gasteiger partial charge in [0.05, 0.1) is 0 Å². The number of hydrogen-bond donors (Lipinski definition) is 1. The van der Waals surface area contributed by atoms with Crippen LogP contribution in [0.5, 0.6) is 0 Å². The van der Waals surface area contributed by atoms with E-state index in [-0.39, 0.29) is 30.7 Å². The Hall–Kier alpha value is -0.520. The summed E-state index contributed by atoms with van der Waals surface area (Å²) in [5, 5.41) is 3.19. The largest absolute Gasteiger partial charge is 0.433 e. The van der Waals surface area contributed by atoms with Crippen LogP contribution in [0.4, 0.5) is 13.2 Å². The molecule has 0 radical (unpaired) electrons. The lowest BCUT2D eigenvalue weighted by Crippen LogP contribution is -2.26. The summed E-state index contributed by atoms with van der Waals surface area (Å²) in [7, 11) is 0. The van der Waals surface area contributed by atoms with Gasteiger partial charge in [-0.15, -0.1) is 24.8 Å². The number of aromatic nitrogens is 1. The summed E-state index contributed by atoms with van der Waals surface area (Å²) in [6, 6.07) is 2.86. The highest BCUT2D eigenvalue weighted by Crippen LogP contribution is 2.31. The summed E-state index contributed by atoms with van der Waals surface area (Å²) in [6.07, 6.45) is -1.31. The van der Waals surface area contributed by atoms with Gasteiger partial charge in [0.15, 0.2) is 0 Å². The van der Waals surface area contributed by atoms with E-state index >= 15 is 0 Å². The van der Waals surface area contributed by atoms with Crippen LogP contribution >= 0.6 is 24.8 Å². The fraction of sp³-hybridized carbons (Fsp3) is 0.545. The highest BCUT2D eigenvalue weighted by molar-refractivity contribution is 5.85. The van der Waals surface area contributed by atoms with Gasteiger partial charge in [0, 0.05) is 6.20 Å². The van der Waals surface area contributed by atoms with E-state index in [2.05, 4.69) is 10.3 Å². The Kier molecular flexibility index (Phi) is 6.96. The van der Waals surface area contributed by atoms with Crippen LogP contribution in [-0.2, 0) is 6.18 Å². The lowest BCUT2D eigenvalue weighted by Gasteiger charge is -2.23. The maximum atomic E-state index is 12.5. The minimum absolute atomic E-state index is 0. The molecule has 0 aromatic carbocycles. The smallest absolute Gasteiger partial charge is 0.317 e. The number of nitrogens with zero attached hydrogens (tertiary/aromatic N) is 1. The topological polar surface area (TPSA) is 24.9 Å². The zero-order chi connectivity index (χ0) is 11.6. The molecule has 0 saturated carbocycles. The summed E-state index contributed by atoms with van der Waals surface area (Å²) < 4.78 is 37.4. The molecule has 18 heavy (non-hydrogen) atoms. The lowest BCUT2D eigenvalue weighted by atomic mass is 9.90. The van der Waals surface area contributed by atoms with Gasteiger partial charge >= 0.3 is 6.18 Å². The molecule has 1 fully saturated rings. The van der Waals surface area contributed by atoms with Crippen LogP contribution in [0.25, 0.3) is 0 Å². The average molecular weight is 303 g/mol. The quantitative estimate of drug-likeness (QED) is 0.860. The maximum Gasteiger partial charge on any atom is 0.433 e. The minimum atomic E-state index is -4.34. The molecular weight excluding hydrogens is 288 g/mol. The molecule has 2 nitrogen and oxygen atoms in total. The van der Waals surface area contributed by atoms with E-state index in [1.807, 2.05) is 0 Å². The number of nitrogens with one attached hydrogen (secondary N) is 1. The average Bonchev–Trinajstić information content (AvgIpc) is 2.29. The minimum Gasteiger partial charge on any atom is -0.317 e. The van der Waals surface area contributed by atoms with Gasteiger partial charge in [-0.3, -0.25) is 4.98 Å². The molecule has 1 aromatic rings. The highest BCUT2D eigenvalue weighted by atomic mass is 35.5. The van der Waals surface area contributed by atoms with Crippen LogP contribution in [0.15, 0.2) is 18.3 Å². The standard InChI is InChI=1S/C11H13F3N2.2ClH/c12-11(13,14)10-7-9(3-6-16-10)8-1-4-15-5-2-8;;/h3,6-8,15H,1-2,4-5H2;2*1H. The summed E-state index contributed by atoms with van der Waals surface area (Å²) in [5.41, 5.74) is -0.0349. The van der Waals surface area contributed by atoms with E-state index in [4.69, 9.17) is 0 Å². The van der Waals surface area contributed by atoms with E-state index < -0.39 is 11.9 Å². The number of halogens is 5. The molecule has 1 aliphatic heterocycles. The van der Waals surface area contributed by atoms with Gasteiger partial charge in [-0.25, -0.2) is 0 Å². The van der Waals surface area contributed by atoms with Crippen molar-refractivity contribution in [2.45, 2.75) is 24.9 Å². The summed E-state index contributed by atoms with van der Waals surface area (Å²) in [5.74, 6) is 0.227. The third-order valence-electron chi connectivity index (χ3n) is 2.88. The number of pyridine rings is 1. The van der Waals surface area contributed by atoms with Crippen molar-refractivity contribution >= 4 is 24.8 Å². The van der Waals surface area contributed by atoms with Crippen LogP contribution in [0.3, 0.4) is 0 Å². The van der Waals surface area contributed by atoms with E-state index in [1.165, 1.54) is 12.3 Å². The first-order valence-electron chi connectivity index (χ1n) is 5.31. The number of piperidine rings is 1. The molecule has 2 heterocycles. The van der Waals surface area contributed by atoms with Crippen molar-refractivity contribution < 1.29 is 13.2 Å². The first-order valence-corrected chi connectivity index (χ1v) is 5.31. The van der Waals surface area contributed by atoms with Crippen molar-refractivity contribution in [3.8, 4) is 0 Å². The summed E-state index contributed by atoms with van der Waals surface area (Å²) >= 11 is 0. The highest BCUT2D eigenvalue weighted by Gasteiger charge is 2.33. The monoisotopic (exact) mass is 302 g/mol. The summed E-state index contributed by atoms with van der Waals surface area (Å²) in [4.78, 5) is 3.36. The van der Waals surface area contributed by atoms with Gasteiger partial charge < -0.3 is 5.32 Å². The molecule has 1 aliphatic rings. The molecule has 0 aliphatic carbocycles. The Morgan fingerprint density at radius 3 is 2.33 bits per heavy atom. The second-order valence-corrected chi connectivity index (χ2v) is 4.00. The fourth-order valence-electron chi connectivity index (χ4n) is 2.01. The second-order valence-electron chi connectivity index (χ2n) is 4.00. The number of hydrogen-bond acceptors (Lipinski definition) is 2. The molecule has 0 amide bonds.